The van der Waals surface area contributed by atoms with Crippen LogP contribution in [0.25, 0.3) is 0 Å². The van der Waals surface area contributed by atoms with Gasteiger partial charge in [-0.2, -0.15) is 0 Å². The smallest absolute Gasteiger partial charge is 0.450 e. The Labute approximate surface area is 118 Å². The molecule has 0 fully saturated rings. The molecule has 104 valence electrons. The quantitative estimate of drug-likeness (QED) is 0.832. The molecule has 0 saturated heterocycles. The zero-order valence-electron chi connectivity index (χ0n) is 11.4. The Hall–Kier alpha value is -2.29. The summed E-state index contributed by atoms with van der Waals surface area (Å²) >= 11 is 0. The highest BCUT2D eigenvalue weighted by Gasteiger charge is 2.22. The van der Waals surface area contributed by atoms with Gasteiger partial charge in [0.05, 0.1) is 0 Å². The molecule has 0 aliphatic heterocycles. The molecule has 2 unspecified atom stereocenters. The zero-order valence-corrected chi connectivity index (χ0v) is 11.4. The zero-order chi connectivity index (χ0) is 14.4. The monoisotopic (exact) mass is 270 g/mol. The fourth-order valence-electron chi connectivity index (χ4n) is 2.36. The molecule has 0 radical (unpaired) electrons. The molecule has 0 bridgehead atoms. The van der Waals surface area contributed by atoms with Crippen molar-refractivity contribution in [1.29, 1.82) is 0 Å². The highest BCUT2D eigenvalue weighted by Crippen LogP contribution is 2.26. The summed E-state index contributed by atoms with van der Waals surface area (Å²) in [6, 6.07) is 19.9. The average Bonchev–Trinajstić information content (AvgIpc) is 2.46. The summed E-state index contributed by atoms with van der Waals surface area (Å²) in [5.74, 6) is 0.00898. The van der Waals surface area contributed by atoms with Crippen LogP contribution in [-0.4, -0.2) is 17.4 Å². The van der Waals surface area contributed by atoms with Gasteiger partial charge in [0.2, 0.25) is 0 Å². The molecule has 20 heavy (non-hydrogen) atoms. The lowest BCUT2D eigenvalue weighted by Gasteiger charge is -2.23. The highest BCUT2D eigenvalue weighted by atomic mass is 16.7. The molecule has 0 aliphatic rings. The number of benzene rings is 2. The third-order valence-electron chi connectivity index (χ3n) is 3.38. The number of carbonyl (C=O) groups is 1. The van der Waals surface area contributed by atoms with Crippen molar-refractivity contribution >= 4 is 6.16 Å². The SMILES string of the molecule is CC(OC(=O)O)C(Cc1ccccc1)c1ccccc1. The predicted molar refractivity (Wildman–Crippen MR) is 77.9 cm³/mol. The predicted octanol–water partition coefficient (Wildman–Crippen LogP) is 4.10. The lowest BCUT2D eigenvalue weighted by Crippen LogP contribution is -2.23. The Balaban J connectivity index is 2.22. The van der Waals surface area contributed by atoms with E-state index in [0.29, 0.717) is 0 Å². The molecule has 0 aromatic heterocycles. The van der Waals surface area contributed by atoms with Gasteiger partial charge in [0.1, 0.15) is 6.10 Å². The number of rotatable bonds is 5. The van der Waals surface area contributed by atoms with Crippen LogP contribution in [0.3, 0.4) is 0 Å². The Morgan fingerprint density at radius 3 is 2.15 bits per heavy atom. The molecule has 2 atom stereocenters. The maximum absolute atomic E-state index is 10.8. The van der Waals surface area contributed by atoms with E-state index in [0.717, 1.165) is 12.0 Å². The first-order valence-electron chi connectivity index (χ1n) is 6.65. The van der Waals surface area contributed by atoms with Crippen molar-refractivity contribution in [3.05, 3.63) is 71.8 Å². The Kier molecular flexibility index (Phi) is 4.77. The van der Waals surface area contributed by atoms with Gasteiger partial charge in [0, 0.05) is 5.92 Å². The number of carboxylic acid groups (broad SMARTS) is 1. The van der Waals surface area contributed by atoms with E-state index in [2.05, 4.69) is 0 Å². The molecule has 1 N–H and O–H groups in total. The van der Waals surface area contributed by atoms with Crippen LogP contribution < -0.4 is 0 Å². The van der Waals surface area contributed by atoms with E-state index in [1.165, 1.54) is 5.56 Å². The van der Waals surface area contributed by atoms with Gasteiger partial charge in [-0.25, -0.2) is 4.79 Å². The Morgan fingerprint density at radius 2 is 1.60 bits per heavy atom. The molecule has 2 rings (SSSR count). The maximum atomic E-state index is 10.8. The minimum absolute atomic E-state index is 0.00898. The normalized spacial score (nSPS) is 13.4. The third-order valence-corrected chi connectivity index (χ3v) is 3.38. The van der Waals surface area contributed by atoms with Crippen LogP contribution in [0.5, 0.6) is 0 Å². The summed E-state index contributed by atoms with van der Waals surface area (Å²) in [5, 5.41) is 8.82. The summed E-state index contributed by atoms with van der Waals surface area (Å²) in [4.78, 5) is 10.8. The molecule has 3 heteroatoms. The molecule has 0 spiro atoms. The summed E-state index contributed by atoms with van der Waals surface area (Å²) in [5.41, 5.74) is 2.26. The van der Waals surface area contributed by atoms with Crippen LogP contribution >= 0.6 is 0 Å². The van der Waals surface area contributed by atoms with Gasteiger partial charge in [-0.3, -0.25) is 0 Å². The number of hydrogen-bond acceptors (Lipinski definition) is 2. The summed E-state index contributed by atoms with van der Waals surface area (Å²) in [6.07, 6.45) is -0.874. The first-order valence-corrected chi connectivity index (χ1v) is 6.65. The standard InChI is InChI=1S/C17H18O3/c1-13(20-17(18)19)16(15-10-6-3-7-11-15)12-14-8-4-2-5-9-14/h2-11,13,16H,12H2,1H3,(H,18,19). The fraction of sp³-hybridized carbons (Fsp3) is 0.235. The van der Waals surface area contributed by atoms with Crippen molar-refractivity contribution in [1.82, 2.24) is 0 Å². The second kappa shape index (κ2) is 6.75. The van der Waals surface area contributed by atoms with Crippen LogP contribution in [0.2, 0.25) is 0 Å². The molecular formula is C17H18O3. The fourth-order valence-corrected chi connectivity index (χ4v) is 2.36. The Bertz CT molecular complexity index is 537. The molecule has 3 nitrogen and oxygen atoms in total. The topological polar surface area (TPSA) is 46.5 Å². The second-order valence-corrected chi connectivity index (χ2v) is 4.80. The van der Waals surface area contributed by atoms with E-state index in [4.69, 9.17) is 9.84 Å². The largest absolute Gasteiger partial charge is 0.506 e. The molecule has 0 saturated carbocycles. The van der Waals surface area contributed by atoms with Gasteiger partial charge in [-0.05, 0) is 24.5 Å². The van der Waals surface area contributed by atoms with Crippen LogP contribution in [0.15, 0.2) is 60.7 Å². The van der Waals surface area contributed by atoms with Crippen molar-refractivity contribution < 1.29 is 14.6 Å². The van der Waals surface area contributed by atoms with Gasteiger partial charge in [0.15, 0.2) is 0 Å². The molecule has 2 aromatic carbocycles. The minimum atomic E-state index is -1.23. The lowest BCUT2D eigenvalue weighted by molar-refractivity contribution is 0.0476. The van der Waals surface area contributed by atoms with Gasteiger partial charge in [0.25, 0.3) is 0 Å². The molecular weight excluding hydrogens is 252 g/mol. The average molecular weight is 270 g/mol. The van der Waals surface area contributed by atoms with E-state index >= 15 is 0 Å². The van der Waals surface area contributed by atoms with E-state index in [9.17, 15) is 4.79 Å². The van der Waals surface area contributed by atoms with Gasteiger partial charge >= 0.3 is 6.16 Å². The second-order valence-electron chi connectivity index (χ2n) is 4.80. The van der Waals surface area contributed by atoms with Crippen molar-refractivity contribution in [2.45, 2.75) is 25.4 Å². The lowest BCUT2D eigenvalue weighted by atomic mass is 9.88. The number of ether oxygens (including phenoxy) is 1. The molecule has 0 heterocycles. The van der Waals surface area contributed by atoms with Crippen molar-refractivity contribution in [3.63, 3.8) is 0 Å². The van der Waals surface area contributed by atoms with E-state index < -0.39 is 12.3 Å². The first-order chi connectivity index (χ1) is 9.66. The van der Waals surface area contributed by atoms with Crippen molar-refractivity contribution in [2.24, 2.45) is 0 Å². The molecule has 0 amide bonds. The van der Waals surface area contributed by atoms with E-state index in [-0.39, 0.29) is 5.92 Å². The summed E-state index contributed by atoms with van der Waals surface area (Å²) < 4.78 is 4.96. The Morgan fingerprint density at radius 1 is 1.05 bits per heavy atom. The van der Waals surface area contributed by atoms with E-state index in [1.807, 2.05) is 60.7 Å². The van der Waals surface area contributed by atoms with Gasteiger partial charge < -0.3 is 9.84 Å². The van der Waals surface area contributed by atoms with Crippen LogP contribution in [0.4, 0.5) is 4.79 Å². The molecule has 0 aliphatic carbocycles. The highest BCUT2D eigenvalue weighted by molar-refractivity contribution is 5.57. The third kappa shape index (κ3) is 3.85. The van der Waals surface area contributed by atoms with Gasteiger partial charge in [-0.15, -0.1) is 0 Å². The van der Waals surface area contributed by atoms with Crippen molar-refractivity contribution in [2.75, 3.05) is 0 Å². The summed E-state index contributed by atoms with van der Waals surface area (Å²) in [6.45, 7) is 1.80. The number of hydrogen-bond donors (Lipinski definition) is 1. The van der Waals surface area contributed by atoms with E-state index in [1.54, 1.807) is 6.92 Å². The minimum Gasteiger partial charge on any atom is -0.450 e. The summed E-state index contributed by atoms with van der Waals surface area (Å²) in [7, 11) is 0. The van der Waals surface area contributed by atoms with Crippen LogP contribution in [0.1, 0.15) is 24.0 Å². The maximum Gasteiger partial charge on any atom is 0.506 e. The van der Waals surface area contributed by atoms with Crippen molar-refractivity contribution in [3.8, 4) is 0 Å². The van der Waals surface area contributed by atoms with Gasteiger partial charge in [-0.1, -0.05) is 60.7 Å². The van der Waals surface area contributed by atoms with Crippen LogP contribution in [-0.2, 0) is 11.2 Å². The molecule has 2 aromatic rings. The van der Waals surface area contributed by atoms with Crippen LogP contribution in [0, 0.1) is 0 Å². The first kappa shape index (κ1) is 14.1.